The van der Waals surface area contributed by atoms with Crippen LogP contribution in [0.3, 0.4) is 0 Å². The highest BCUT2D eigenvalue weighted by Crippen LogP contribution is 2.36. The van der Waals surface area contributed by atoms with E-state index in [0.29, 0.717) is 28.5 Å². The van der Waals surface area contributed by atoms with Crippen LogP contribution < -0.4 is 11.1 Å². The third-order valence-corrected chi connectivity index (χ3v) is 6.62. The van der Waals surface area contributed by atoms with E-state index in [1.807, 2.05) is 30.3 Å². The van der Waals surface area contributed by atoms with E-state index in [2.05, 4.69) is 34.3 Å². The fourth-order valence-electron chi connectivity index (χ4n) is 2.79. The molecule has 30 heavy (non-hydrogen) atoms. The van der Waals surface area contributed by atoms with Crippen molar-refractivity contribution in [1.82, 2.24) is 19.7 Å². The van der Waals surface area contributed by atoms with Crippen LogP contribution >= 0.6 is 23.1 Å². The van der Waals surface area contributed by atoms with Crippen LogP contribution in [0.15, 0.2) is 35.5 Å². The van der Waals surface area contributed by atoms with Gasteiger partial charge >= 0.3 is 0 Å². The van der Waals surface area contributed by atoms with Crippen LogP contribution in [-0.4, -0.2) is 37.3 Å². The summed E-state index contributed by atoms with van der Waals surface area (Å²) in [7, 11) is 1.80. The van der Waals surface area contributed by atoms with E-state index in [9.17, 15) is 9.59 Å². The van der Waals surface area contributed by atoms with Crippen molar-refractivity contribution >= 4 is 40.0 Å². The first kappa shape index (κ1) is 22.0. The normalized spacial score (nSPS) is 11.1. The summed E-state index contributed by atoms with van der Waals surface area (Å²) in [6.07, 6.45) is 0.633. The lowest BCUT2D eigenvalue weighted by Gasteiger charge is -2.04. The number of benzene rings is 1. The zero-order valence-corrected chi connectivity index (χ0v) is 18.7. The molecule has 0 saturated heterocycles. The highest BCUT2D eigenvalue weighted by atomic mass is 32.2. The number of anilines is 1. The standard InChI is InChI=1S/C20H24N6O2S2/c1-12(2)18-17(13-7-5-4-6-8-13)23-19(30-18)22-16(28)11-29-20-25-24-15(26(20)3)10-9-14(21)27/h4-8,12H,9-11H2,1-3H3,(H2,21,27)(H,22,23,28). The molecular weight excluding hydrogens is 420 g/mol. The number of thioether (sulfide) groups is 1. The summed E-state index contributed by atoms with van der Waals surface area (Å²) in [6, 6.07) is 9.97. The summed E-state index contributed by atoms with van der Waals surface area (Å²) in [5.74, 6) is 0.593. The van der Waals surface area contributed by atoms with Gasteiger partial charge in [0.15, 0.2) is 10.3 Å². The Morgan fingerprint density at radius 1 is 1.23 bits per heavy atom. The molecular formula is C20H24N6O2S2. The molecule has 8 nitrogen and oxygen atoms in total. The highest BCUT2D eigenvalue weighted by Gasteiger charge is 2.18. The number of rotatable bonds is 9. The van der Waals surface area contributed by atoms with E-state index in [1.54, 1.807) is 11.6 Å². The summed E-state index contributed by atoms with van der Waals surface area (Å²) in [6.45, 7) is 4.23. The van der Waals surface area contributed by atoms with E-state index < -0.39 is 0 Å². The molecule has 0 radical (unpaired) electrons. The number of aryl methyl sites for hydroxylation is 1. The molecule has 1 aromatic carbocycles. The van der Waals surface area contributed by atoms with Crippen LogP contribution in [0.1, 0.15) is 36.9 Å². The molecule has 0 spiro atoms. The van der Waals surface area contributed by atoms with Gasteiger partial charge in [-0.05, 0) is 5.92 Å². The van der Waals surface area contributed by atoms with Gasteiger partial charge in [-0.25, -0.2) is 4.98 Å². The Kier molecular flexibility index (Phi) is 7.22. The number of nitrogens with zero attached hydrogens (tertiary/aromatic N) is 4. The Balaban J connectivity index is 1.64. The van der Waals surface area contributed by atoms with E-state index in [1.165, 1.54) is 23.1 Å². The van der Waals surface area contributed by atoms with Gasteiger partial charge in [-0.15, -0.1) is 21.5 Å². The van der Waals surface area contributed by atoms with Crippen molar-refractivity contribution in [2.24, 2.45) is 12.8 Å². The maximum atomic E-state index is 12.5. The summed E-state index contributed by atoms with van der Waals surface area (Å²) in [5, 5.41) is 12.2. The Morgan fingerprint density at radius 2 is 1.97 bits per heavy atom. The molecule has 2 aromatic heterocycles. The first-order chi connectivity index (χ1) is 14.3. The van der Waals surface area contributed by atoms with Gasteiger partial charge in [0, 0.05) is 30.3 Å². The zero-order valence-electron chi connectivity index (χ0n) is 17.1. The molecule has 2 amide bonds. The summed E-state index contributed by atoms with van der Waals surface area (Å²) in [4.78, 5) is 29.2. The fraction of sp³-hybridized carbons (Fsp3) is 0.350. The maximum Gasteiger partial charge on any atom is 0.236 e. The minimum absolute atomic E-state index is 0.162. The van der Waals surface area contributed by atoms with Crippen molar-refractivity contribution in [3.63, 3.8) is 0 Å². The second-order valence-corrected chi connectivity index (χ2v) is 8.99. The van der Waals surface area contributed by atoms with E-state index in [-0.39, 0.29) is 24.0 Å². The lowest BCUT2D eigenvalue weighted by Crippen LogP contribution is -2.14. The molecule has 0 fully saturated rings. The predicted octanol–water partition coefficient (Wildman–Crippen LogP) is 3.21. The minimum Gasteiger partial charge on any atom is -0.370 e. The molecule has 158 valence electrons. The Labute approximate surface area is 183 Å². The second kappa shape index (κ2) is 9.86. The first-order valence-electron chi connectivity index (χ1n) is 9.50. The van der Waals surface area contributed by atoms with Crippen molar-refractivity contribution in [2.75, 3.05) is 11.1 Å². The Morgan fingerprint density at radius 3 is 2.63 bits per heavy atom. The zero-order chi connectivity index (χ0) is 21.7. The minimum atomic E-state index is -0.384. The van der Waals surface area contributed by atoms with Gasteiger partial charge in [-0.2, -0.15) is 0 Å². The molecule has 3 N–H and O–H groups in total. The number of thiazole rings is 1. The smallest absolute Gasteiger partial charge is 0.236 e. The van der Waals surface area contributed by atoms with Crippen molar-refractivity contribution in [3.05, 3.63) is 41.0 Å². The molecule has 0 atom stereocenters. The van der Waals surface area contributed by atoms with Gasteiger partial charge in [-0.3, -0.25) is 9.59 Å². The Hall–Kier alpha value is -2.72. The van der Waals surface area contributed by atoms with E-state index in [4.69, 9.17) is 5.73 Å². The number of carbonyl (C=O) groups is 2. The number of aromatic nitrogens is 4. The monoisotopic (exact) mass is 444 g/mol. The molecule has 0 aliphatic rings. The lowest BCUT2D eigenvalue weighted by atomic mass is 10.1. The van der Waals surface area contributed by atoms with Crippen molar-refractivity contribution in [2.45, 2.75) is 37.8 Å². The van der Waals surface area contributed by atoms with Crippen molar-refractivity contribution < 1.29 is 9.59 Å². The lowest BCUT2D eigenvalue weighted by molar-refractivity contribution is -0.118. The topological polar surface area (TPSA) is 116 Å². The van der Waals surface area contributed by atoms with Gasteiger partial charge in [-0.1, -0.05) is 55.9 Å². The predicted molar refractivity (Wildman–Crippen MR) is 120 cm³/mol. The Bertz CT molecular complexity index is 1030. The molecule has 0 unspecified atom stereocenters. The van der Waals surface area contributed by atoms with Crippen LogP contribution in [0.5, 0.6) is 0 Å². The van der Waals surface area contributed by atoms with Crippen LogP contribution in [0, 0.1) is 0 Å². The van der Waals surface area contributed by atoms with Gasteiger partial charge in [0.25, 0.3) is 0 Å². The summed E-state index contributed by atoms with van der Waals surface area (Å²) >= 11 is 2.78. The van der Waals surface area contributed by atoms with Crippen LogP contribution in [0.2, 0.25) is 0 Å². The molecule has 3 rings (SSSR count). The number of nitrogens with two attached hydrogens (primary N) is 1. The second-order valence-electron chi connectivity index (χ2n) is 7.01. The summed E-state index contributed by atoms with van der Waals surface area (Å²) < 4.78 is 1.77. The van der Waals surface area contributed by atoms with Crippen LogP contribution in [-0.2, 0) is 23.1 Å². The average molecular weight is 445 g/mol. The third kappa shape index (κ3) is 5.45. The molecule has 3 aromatic rings. The quantitative estimate of drug-likeness (QED) is 0.490. The fourth-order valence-corrected chi connectivity index (χ4v) is 4.52. The number of nitrogens with one attached hydrogen (secondary N) is 1. The molecule has 0 aliphatic heterocycles. The summed E-state index contributed by atoms with van der Waals surface area (Å²) in [5.41, 5.74) is 7.12. The van der Waals surface area contributed by atoms with Gasteiger partial charge in [0.05, 0.1) is 11.4 Å². The SMILES string of the molecule is CC(C)c1sc(NC(=O)CSc2nnc(CCC(N)=O)n2C)nc1-c1ccccc1. The molecule has 10 heteroatoms. The van der Waals surface area contributed by atoms with Crippen LogP contribution in [0.4, 0.5) is 5.13 Å². The number of hydrogen-bond donors (Lipinski definition) is 2. The molecule has 2 heterocycles. The molecule has 0 saturated carbocycles. The highest BCUT2D eigenvalue weighted by molar-refractivity contribution is 7.99. The number of primary amides is 1. The number of amides is 2. The van der Waals surface area contributed by atoms with Gasteiger partial charge in [0.1, 0.15) is 5.82 Å². The third-order valence-electron chi connectivity index (χ3n) is 4.32. The first-order valence-corrected chi connectivity index (χ1v) is 11.3. The number of carbonyl (C=O) groups excluding carboxylic acids is 2. The van der Waals surface area contributed by atoms with Crippen molar-refractivity contribution in [3.8, 4) is 11.3 Å². The maximum absolute atomic E-state index is 12.5. The van der Waals surface area contributed by atoms with Crippen LogP contribution in [0.25, 0.3) is 11.3 Å². The van der Waals surface area contributed by atoms with E-state index in [0.717, 1.165) is 16.1 Å². The van der Waals surface area contributed by atoms with E-state index >= 15 is 0 Å². The molecule has 0 bridgehead atoms. The van der Waals surface area contributed by atoms with Crippen molar-refractivity contribution in [1.29, 1.82) is 0 Å². The largest absolute Gasteiger partial charge is 0.370 e. The average Bonchev–Trinajstić information content (AvgIpc) is 3.29. The number of hydrogen-bond acceptors (Lipinski definition) is 7. The van der Waals surface area contributed by atoms with Gasteiger partial charge < -0.3 is 15.6 Å². The van der Waals surface area contributed by atoms with Gasteiger partial charge in [0.2, 0.25) is 11.8 Å². The molecule has 0 aliphatic carbocycles.